The first kappa shape index (κ1) is 13.8. The molecule has 3 amide bonds. The summed E-state index contributed by atoms with van der Waals surface area (Å²) in [6.07, 6.45) is 0.451. The Labute approximate surface area is 115 Å². The number of hydrogen-bond donors (Lipinski definition) is 1. The average molecular weight is 285 g/mol. The van der Waals surface area contributed by atoms with E-state index in [9.17, 15) is 14.0 Å². The molecule has 0 aliphatic carbocycles. The van der Waals surface area contributed by atoms with Gasteiger partial charge in [-0.15, -0.1) is 0 Å². The predicted octanol–water partition coefficient (Wildman–Crippen LogP) is 2.70. The summed E-state index contributed by atoms with van der Waals surface area (Å²) in [5.74, 6) is -0.808. The van der Waals surface area contributed by atoms with Crippen LogP contribution in [0.3, 0.4) is 0 Å². The van der Waals surface area contributed by atoms with E-state index in [0.29, 0.717) is 11.4 Å². The Bertz CT molecular complexity index is 549. The van der Waals surface area contributed by atoms with Crippen LogP contribution in [-0.4, -0.2) is 22.4 Å². The lowest BCUT2D eigenvalue weighted by Crippen LogP contribution is -2.46. The van der Waals surface area contributed by atoms with Gasteiger partial charge >= 0.3 is 6.03 Å². The highest BCUT2D eigenvalue weighted by Gasteiger charge is 2.47. The normalized spacial score (nSPS) is 22.8. The van der Waals surface area contributed by atoms with Crippen molar-refractivity contribution in [3.63, 3.8) is 0 Å². The van der Waals surface area contributed by atoms with Crippen LogP contribution in [0.5, 0.6) is 0 Å². The molecule has 19 heavy (non-hydrogen) atoms. The lowest BCUT2D eigenvalue weighted by atomic mass is 9.97. The van der Waals surface area contributed by atoms with Gasteiger partial charge in [0.1, 0.15) is 11.4 Å². The molecule has 0 saturated carbocycles. The summed E-state index contributed by atoms with van der Waals surface area (Å²) >= 11 is 5.82. The molecule has 1 N–H and O–H groups in total. The number of rotatable bonds is 3. The van der Waals surface area contributed by atoms with E-state index in [1.165, 1.54) is 23.1 Å². The van der Waals surface area contributed by atoms with Gasteiger partial charge in [0.2, 0.25) is 0 Å². The van der Waals surface area contributed by atoms with Gasteiger partial charge in [0.25, 0.3) is 5.91 Å². The van der Waals surface area contributed by atoms with E-state index in [2.05, 4.69) is 5.32 Å². The summed E-state index contributed by atoms with van der Waals surface area (Å²) in [6, 6.07) is 3.64. The molecule has 1 fully saturated rings. The second-order valence-corrected chi connectivity index (χ2v) is 5.14. The molecular formula is C13H14ClFN2O2. The van der Waals surface area contributed by atoms with Crippen molar-refractivity contribution < 1.29 is 14.0 Å². The number of nitrogens with one attached hydrogen (secondary N) is 1. The van der Waals surface area contributed by atoms with Crippen LogP contribution in [0, 0.1) is 5.82 Å². The van der Waals surface area contributed by atoms with Gasteiger partial charge in [-0.25, -0.2) is 9.18 Å². The number of carbonyl (C=O) groups excluding carboxylic acids is 2. The van der Waals surface area contributed by atoms with Gasteiger partial charge in [-0.1, -0.05) is 18.5 Å². The maximum Gasteiger partial charge on any atom is 0.325 e. The van der Waals surface area contributed by atoms with Crippen LogP contribution in [0.25, 0.3) is 0 Å². The maximum atomic E-state index is 13.7. The molecule has 1 unspecified atom stereocenters. The topological polar surface area (TPSA) is 49.4 Å². The molecule has 0 radical (unpaired) electrons. The highest BCUT2D eigenvalue weighted by atomic mass is 35.5. The molecular weight excluding hydrogens is 271 g/mol. The molecule has 1 atom stereocenters. The summed E-state index contributed by atoms with van der Waals surface area (Å²) in [5, 5.41) is 2.64. The lowest BCUT2D eigenvalue weighted by molar-refractivity contribution is -0.126. The van der Waals surface area contributed by atoms with E-state index in [-0.39, 0.29) is 18.0 Å². The molecule has 6 heteroatoms. The molecule has 0 spiro atoms. The first-order valence-electron chi connectivity index (χ1n) is 5.95. The van der Waals surface area contributed by atoms with Crippen molar-refractivity contribution in [2.45, 2.75) is 32.4 Å². The monoisotopic (exact) mass is 284 g/mol. The van der Waals surface area contributed by atoms with Gasteiger partial charge in [-0.2, -0.15) is 0 Å². The highest BCUT2D eigenvalue weighted by Crippen LogP contribution is 2.28. The third kappa shape index (κ3) is 2.30. The molecule has 1 heterocycles. The molecule has 1 aromatic carbocycles. The van der Waals surface area contributed by atoms with Gasteiger partial charge in [-0.3, -0.25) is 10.1 Å². The number of carbonyl (C=O) groups is 2. The van der Waals surface area contributed by atoms with Crippen LogP contribution in [0.15, 0.2) is 18.2 Å². The summed E-state index contributed by atoms with van der Waals surface area (Å²) in [5.41, 5.74) is -0.664. The SMILES string of the molecule is CCC1(C)C(=O)NC(=O)N1Cc1cc(Cl)ccc1F. The molecule has 1 saturated heterocycles. The van der Waals surface area contributed by atoms with Crippen molar-refractivity contribution in [3.05, 3.63) is 34.6 Å². The highest BCUT2D eigenvalue weighted by molar-refractivity contribution is 6.30. The summed E-state index contributed by atoms with van der Waals surface area (Å²) < 4.78 is 13.7. The van der Waals surface area contributed by atoms with Crippen LogP contribution in [0.2, 0.25) is 5.02 Å². The van der Waals surface area contributed by atoms with E-state index in [0.717, 1.165) is 0 Å². The smallest absolute Gasteiger partial charge is 0.306 e. The minimum atomic E-state index is -0.953. The summed E-state index contributed by atoms with van der Waals surface area (Å²) in [7, 11) is 0. The minimum absolute atomic E-state index is 0.00824. The molecule has 1 aromatic rings. The van der Waals surface area contributed by atoms with Gasteiger partial charge in [0.05, 0.1) is 6.54 Å². The minimum Gasteiger partial charge on any atom is -0.306 e. The van der Waals surface area contributed by atoms with Crippen LogP contribution in [0.1, 0.15) is 25.8 Å². The lowest BCUT2D eigenvalue weighted by Gasteiger charge is -2.30. The number of hydrogen-bond acceptors (Lipinski definition) is 2. The zero-order chi connectivity index (χ0) is 14.2. The van der Waals surface area contributed by atoms with Crippen molar-refractivity contribution in [3.8, 4) is 0 Å². The molecule has 102 valence electrons. The van der Waals surface area contributed by atoms with Crippen molar-refractivity contribution in [1.29, 1.82) is 0 Å². The molecule has 1 aliphatic heterocycles. The fraction of sp³-hybridized carbons (Fsp3) is 0.385. The molecule has 4 nitrogen and oxygen atoms in total. The number of amides is 3. The molecule has 0 aromatic heterocycles. The Morgan fingerprint density at radius 1 is 1.42 bits per heavy atom. The van der Waals surface area contributed by atoms with Gasteiger partial charge in [0.15, 0.2) is 0 Å². The van der Waals surface area contributed by atoms with E-state index in [4.69, 9.17) is 11.6 Å². The second kappa shape index (κ2) is 4.81. The van der Waals surface area contributed by atoms with Crippen LogP contribution in [0.4, 0.5) is 9.18 Å². The Balaban J connectivity index is 2.34. The Morgan fingerprint density at radius 3 is 2.74 bits per heavy atom. The van der Waals surface area contributed by atoms with Gasteiger partial charge < -0.3 is 4.90 Å². The van der Waals surface area contributed by atoms with Crippen molar-refractivity contribution in [1.82, 2.24) is 10.2 Å². The fourth-order valence-electron chi connectivity index (χ4n) is 2.08. The van der Waals surface area contributed by atoms with Crippen molar-refractivity contribution in [2.24, 2.45) is 0 Å². The quantitative estimate of drug-likeness (QED) is 0.868. The Morgan fingerprint density at radius 2 is 2.11 bits per heavy atom. The van der Waals surface area contributed by atoms with E-state index >= 15 is 0 Å². The molecule has 2 rings (SSSR count). The zero-order valence-electron chi connectivity index (χ0n) is 10.7. The number of imide groups is 1. The molecule has 0 bridgehead atoms. The number of nitrogens with zero attached hydrogens (tertiary/aromatic N) is 1. The third-order valence-electron chi connectivity index (χ3n) is 3.58. The Hall–Kier alpha value is -1.62. The second-order valence-electron chi connectivity index (χ2n) is 4.71. The van der Waals surface area contributed by atoms with Gasteiger partial charge in [0, 0.05) is 10.6 Å². The van der Waals surface area contributed by atoms with E-state index in [1.807, 2.05) is 0 Å². The third-order valence-corrected chi connectivity index (χ3v) is 3.81. The molecule has 1 aliphatic rings. The van der Waals surface area contributed by atoms with E-state index in [1.54, 1.807) is 13.8 Å². The largest absolute Gasteiger partial charge is 0.325 e. The van der Waals surface area contributed by atoms with Crippen molar-refractivity contribution in [2.75, 3.05) is 0 Å². The maximum absolute atomic E-state index is 13.7. The summed E-state index contributed by atoms with van der Waals surface area (Å²) in [4.78, 5) is 24.9. The first-order valence-corrected chi connectivity index (χ1v) is 6.33. The van der Waals surface area contributed by atoms with Crippen molar-refractivity contribution >= 4 is 23.5 Å². The van der Waals surface area contributed by atoms with Crippen LogP contribution < -0.4 is 5.32 Å². The zero-order valence-corrected chi connectivity index (χ0v) is 11.4. The van der Waals surface area contributed by atoms with Crippen LogP contribution >= 0.6 is 11.6 Å². The standard InChI is InChI=1S/C13H14ClFN2O2/c1-3-13(2)11(18)16-12(19)17(13)7-8-6-9(14)4-5-10(8)15/h4-6H,3,7H2,1-2H3,(H,16,18,19). The number of halogens is 2. The number of benzene rings is 1. The first-order chi connectivity index (χ1) is 8.88. The fourth-order valence-corrected chi connectivity index (χ4v) is 2.27. The summed E-state index contributed by atoms with van der Waals surface area (Å²) in [6.45, 7) is 3.48. The predicted molar refractivity (Wildman–Crippen MR) is 69.2 cm³/mol. The van der Waals surface area contributed by atoms with Crippen LogP contribution in [-0.2, 0) is 11.3 Å². The van der Waals surface area contributed by atoms with E-state index < -0.39 is 17.4 Å². The van der Waals surface area contributed by atoms with Gasteiger partial charge in [-0.05, 0) is 31.5 Å². The Kier molecular flexibility index (Phi) is 3.49. The number of urea groups is 1. The average Bonchev–Trinajstić information content (AvgIpc) is 2.58.